The zero-order valence-corrected chi connectivity index (χ0v) is 24.2. The molecule has 0 unspecified atom stereocenters. The van der Waals surface area contributed by atoms with E-state index >= 15 is 0 Å². The van der Waals surface area contributed by atoms with E-state index in [1.165, 1.54) is 18.0 Å². The van der Waals surface area contributed by atoms with E-state index in [1.807, 2.05) is 51.1 Å². The lowest BCUT2D eigenvalue weighted by molar-refractivity contribution is -0.142. The summed E-state index contributed by atoms with van der Waals surface area (Å²) < 4.78 is 38.6. The fourth-order valence-electron chi connectivity index (χ4n) is 5.59. The molecule has 3 amide bonds. The summed E-state index contributed by atoms with van der Waals surface area (Å²) in [5, 5.41) is 2.89. The molecule has 0 spiro atoms. The minimum atomic E-state index is -0.991. The van der Waals surface area contributed by atoms with Crippen LogP contribution in [0.4, 0.5) is 13.6 Å². The maximum Gasteiger partial charge on any atom is 0.410 e. The molecule has 0 bridgehead atoms. The quantitative estimate of drug-likeness (QED) is 0.487. The molecule has 2 aromatic rings. The lowest BCUT2D eigenvalue weighted by atomic mass is 9.85. The molecule has 1 saturated heterocycles. The van der Waals surface area contributed by atoms with Crippen molar-refractivity contribution >= 4 is 17.9 Å². The normalized spacial score (nSPS) is 21.5. The van der Waals surface area contributed by atoms with E-state index in [9.17, 15) is 23.2 Å². The van der Waals surface area contributed by atoms with Gasteiger partial charge in [0.15, 0.2) is 11.6 Å². The van der Waals surface area contributed by atoms with Crippen molar-refractivity contribution in [3.05, 3.63) is 65.7 Å². The van der Waals surface area contributed by atoms with Gasteiger partial charge < -0.3 is 19.7 Å². The van der Waals surface area contributed by atoms with Crippen molar-refractivity contribution in [2.75, 3.05) is 13.6 Å². The highest BCUT2D eigenvalue weighted by Gasteiger charge is 2.50. The molecule has 1 heterocycles. The molecule has 1 aliphatic carbocycles. The van der Waals surface area contributed by atoms with Gasteiger partial charge in [-0.15, -0.1) is 0 Å². The van der Waals surface area contributed by atoms with Crippen molar-refractivity contribution in [1.29, 1.82) is 0 Å². The Morgan fingerprint density at radius 2 is 1.76 bits per heavy atom. The maximum atomic E-state index is 14.0. The number of carbonyl (C=O) groups excluding carboxylic acids is 3. The van der Waals surface area contributed by atoms with Crippen LogP contribution in [0.1, 0.15) is 52.5 Å². The first kappa shape index (κ1) is 30.3. The zero-order chi connectivity index (χ0) is 29.9. The van der Waals surface area contributed by atoms with Gasteiger partial charge >= 0.3 is 6.09 Å². The highest BCUT2D eigenvalue weighted by molar-refractivity contribution is 5.91. The number of nitrogens with zero attached hydrogens (tertiary/aromatic N) is 2. The van der Waals surface area contributed by atoms with Crippen LogP contribution in [0, 0.1) is 23.0 Å². The molecule has 41 heavy (non-hydrogen) atoms. The number of halogens is 2. The number of hydrogen-bond acceptors (Lipinski definition) is 5. The predicted molar refractivity (Wildman–Crippen MR) is 149 cm³/mol. The van der Waals surface area contributed by atoms with Gasteiger partial charge in [-0.25, -0.2) is 13.6 Å². The molecule has 4 rings (SSSR count). The minimum Gasteiger partial charge on any atom is -0.488 e. The van der Waals surface area contributed by atoms with Gasteiger partial charge in [0.25, 0.3) is 0 Å². The Morgan fingerprint density at radius 3 is 2.41 bits per heavy atom. The third-order valence-electron chi connectivity index (χ3n) is 8.10. The number of nitrogens with one attached hydrogen (secondary N) is 1. The number of rotatable bonds is 8. The maximum absolute atomic E-state index is 14.0. The summed E-state index contributed by atoms with van der Waals surface area (Å²) in [6.07, 6.45) is 1.29. The van der Waals surface area contributed by atoms with Crippen LogP contribution >= 0.6 is 0 Å². The Bertz CT molecular complexity index is 1250. The van der Waals surface area contributed by atoms with E-state index in [0.717, 1.165) is 30.5 Å². The SMILES string of the molecule is C[C@@H](C(=O)N[C@H](C(=O)N1CC[C@H]2CC[C@H](Oc3ccc(F)c(F)c3)[C@H]21)C(C)(C)C)N(C)C(=O)OCc1ccccc1. The number of amides is 3. The fourth-order valence-corrected chi connectivity index (χ4v) is 5.59. The van der Waals surface area contributed by atoms with E-state index in [0.29, 0.717) is 13.0 Å². The molecule has 2 aromatic carbocycles. The van der Waals surface area contributed by atoms with Crippen molar-refractivity contribution in [2.24, 2.45) is 11.3 Å². The molecule has 1 saturated carbocycles. The predicted octanol–water partition coefficient (Wildman–Crippen LogP) is 4.91. The van der Waals surface area contributed by atoms with Crippen LogP contribution in [0.25, 0.3) is 0 Å². The molecule has 8 nitrogen and oxygen atoms in total. The Hall–Kier alpha value is -3.69. The first-order chi connectivity index (χ1) is 19.4. The Labute approximate surface area is 240 Å². The average Bonchev–Trinajstić information content (AvgIpc) is 3.54. The van der Waals surface area contributed by atoms with Crippen LogP contribution < -0.4 is 10.1 Å². The molecule has 5 atom stereocenters. The summed E-state index contributed by atoms with van der Waals surface area (Å²) >= 11 is 0. The Morgan fingerprint density at radius 1 is 1.05 bits per heavy atom. The molecule has 222 valence electrons. The highest BCUT2D eigenvalue weighted by atomic mass is 19.2. The number of ether oxygens (including phenoxy) is 2. The summed E-state index contributed by atoms with van der Waals surface area (Å²) in [6.45, 7) is 7.78. The number of benzene rings is 2. The molecule has 1 aliphatic heterocycles. The minimum absolute atomic E-state index is 0.0762. The van der Waals surface area contributed by atoms with Crippen LogP contribution in [0.15, 0.2) is 48.5 Å². The third-order valence-corrected chi connectivity index (χ3v) is 8.10. The van der Waals surface area contributed by atoms with Gasteiger partial charge in [0.05, 0.1) is 6.04 Å². The van der Waals surface area contributed by atoms with Crippen LogP contribution in [-0.2, 0) is 20.9 Å². The number of carbonyl (C=O) groups is 3. The summed E-state index contributed by atoms with van der Waals surface area (Å²) in [7, 11) is 1.48. The number of likely N-dealkylation sites (tertiary alicyclic amines) is 1. The smallest absolute Gasteiger partial charge is 0.410 e. The summed E-state index contributed by atoms with van der Waals surface area (Å²) in [4.78, 5) is 42.9. The summed E-state index contributed by atoms with van der Waals surface area (Å²) in [5.41, 5.74) is 0.193. The number of hydrogen-bond donors (Lipinski definition) is 1. The molecule has 2 fully saturated rings. The van der Waals surface area contributed by atoms with E-state index in [-0.39, 0.29) is 36.3 Å². The first-order valence-corrected chi connectivity index (χ1v) is 14.0. The van der Waals surface area contributed by atoms with Gasteiger partial charge in [-0.2, -0.15) is 0 Å². The number of likely N-dealkylation sites (N-methyl/N-ethyl adjacent to an activating group) is 1. The molecule has 0 radical (unpaired) electrons. The first-order valence-electron chi connectivity index (χ1n) is 14.0. The second-order valence-electron chi connectivity index (χ2n) is 12.0. The van der Waals surface area contributed by atoms with E-state index < -0.39 is 41.1 Å². The van der Waals surface area contributed by atoms with Crippen molar-refractivity contribution in [2.45, 2.75) is 77.8 Å². The van der Waals surface area contributed by atoms with Gasteiger partial charge in [0, 0.05) is 19.7 Å². The average molecular weight is 572 g/mol. The lowest BCUT2D eigenvalue weighted by Gasteiger charge is -2.38. The van der Waals surface area contributed by atoms with Gasteiger partial charge in [-0.1, -0.05) is 51.1 Å². The van der Waals surface area contributed by atoms with Crippen LogP contribution in [-0.4, -0.2) is 65.5 Å². The Balaban J connectivity index is 1.42. The van der Waals surface area contributed by atoms with E-state index in [2.05, 4.69) is 5.32 Å². The van der Waals surface area contributed by atoms with Crippen molar-refractivity contribution in [3.8, 4) is 5.75 Å². The molecule has 10 heteroatoms. The molecular formula is C31H39F2N3O5. The number of fused-ring (bicyclic) bond motifs is 1. The van der Waals surface area contributed by atoms with Crippen LogP contribution in [0.3, 0.4) is 0 Å². The lowest BCUT2D eigenvalue weighted by Crippen LogP contribution is -2.60. The van der Waals surface area contributed by atoms with Gasteiger partial charge in [0.2, 0.25) is 11.8 Å². The summed E-state index contributed by atoms with van der Waals surface area (Å²) in [6, 6.07) is 10.7. The molecular weight excluding hydrogens is 532 g/mol. The largest absolute Gasteiger partial charge is 0.488 e. The fraction of sp³-hybridized carbons (Fsp3) is 0.516. The zero-order valence-electron chi connectivity index (χ0n) is 24.2. The highest BCUT2D eigenvalue weighted by Crippen LogP contribution is 2.41. The van der Waals surface area contributed by atoms with Gasteiger partial charge in [-0.3, -0.25) is 14.5 Å². The topological polar surface area (TPSA) is 88.2 Å². The molecule has 2 aliphatic rings. The summed E-state index contributed by atoms with van der Waals surface area (Å²) in [5.74, 6) is -2.22. The van der Waals surface area contributed by atoms with Crippen LogP contribution in [0.2, 0.25) is 0 Å². The monoisotopic (exact) mass is 571 g/mol. The van der Waals surface area contributed by atoms with E-state index in [4.69, 9.17) is 9.47 Å². The molecule has 0 aromatic heterocycles. The van der Waals surface area contributed by atoms with Crippen LogP contribution in [0.5, 0.6) is 5.75 Å². The van der Waals surface area contributed by atoms with Gasteiger partial charge in [0.1, 0.15) is 30.5 Å². The third kappa shape index (κ3) is 6.97. The second-order valence-corrected chi connectivity index (χ2v) is 12.0. The van der Waals surface area contributed by atoms with Crippen molar-refractivity contribution in [3.63, 3.8) is 0 Å². The second kappa shape index (κ2) is 12.4. The molecule has 1 N–H and O–H groups in total. The van der Waals surface area contributed by atoms with E-state index in [1.54, 1.807) is 11.8 Å². The standard InChI is InChI=1S/C31H39F2N3O5/c1-19(35(5)30(39)40-18-20-9-7-6-8-10-20)28(37)34-27(31(2,3)4)29(38)36-16-15-21-11-14-25(26(21)36)41-22-12-13-23(32)24(33)17-22/h6-10,12-13,17,19,21,25-27H,11,14-16,18H2,1-5H3,(H,34,37)/t19-,21+,25-,26-,27+/m0/s1. The van der Waals surface area contributed by atoms with Crippen molar-refractivity contribution < 1.29 is 32.6 Å². The Kier molecular flexibility index (Phi) is 9.19. The van der Waals surface area contributed by atoms with Gasteiger partial charge in [-0.05, 0) is 55.2 Å². The van der Waals surface area contributed by atoms with Crippen molar-refractivity contribution in [1.82, 2.24) is 15.1 Å².